The molecule has 5 nitrogen and oxygen atoms in total. The smallest absolute Gasteiger partial charge is 0.548 e. The van der Waals surface area contributed by atoms with Crippen LogP contribution in [0.5, 0.6) is 0 Å². The van der Waals surface area contributed by atoms with Crippen LogP contribution in [0.3, 0.4) is 0 Å². The fraction of sp³-hybridized carbons (Fsp3) is 0.333. The number of aliphatic carboxylic acids is 1. The molecule has 0 fully saturated rings. The van der Waals surface area contributed by atoms with E-state index in [9.17, 15) is 9.90 Å². The fourth-order valence-corrected chi connectivity index (χ4v) is 0.620. The zero-order valence-electron chi connectivity index (χ0n) is 7.02. The van der Waals surface area contributed by atoms with Gasteiger partial charge < -0.3 is 19.9 Å². The minimum atomic E-state index is -1.10. The zero-order chi connectivity index (χ0) is 7.56. The second-order valence-corrected chi connectivity index (χ2v) is 2.00. The number of hydrogen-bond donors (Lipinski definition) is 0. The van der Waals surface area contributed by atoms with Crippen LogP contribution in [0.25, 0.3) is 0 Å². The standard InChI is InChI=1S/C6H8N2O2.Na.H2O/c1-5(6(9)10)8-3-2-7-4-8;;/h2-5H,1H3,(H,9,10);;1H2/q;+1;/p-1/t5-;;/m0../s1. The molecule has 1 atom stereocenters. The topological polar surface area (TPSA) is 89.4 Å². The van der Waals surface area contributed by atoms with Crippen molar-refractivity contribution in [2.45, 2.75) is 13.0 Å². The SMILES string of the molecule is C[C@@H](C(=O)[O-])n1ccnc1.O.[Na+]. The molecule has 0 amide bonds. The third kappa shape index (κ3) is 3.36. The summed E-state index contributed by atoms with van der Waals surface area (Å²) >= 11 is 0. The van der Waals surface area contributed by atoms with Crippen LogP contribution in [0.4, 0.5) is 0 Å². The van der Waals surface area contributed by atoms with Crippen molar-refractivity contribution in [2.75, 3.05) is 0 Å². The number of hydrogen-bond acceptors (Lipinski definition) is 3. The minimum Gasteiger partial charge on any atom is -0.548 e. The molecule has 12 heavy (non-hydrogen) atoms. The number of imidazole rings is 1. The van der Waals surface area contributed by atoms with Gasteiger partial charge in [0, 0.05) is 12.4 Å². The molecule has 0 saturated carbocycles. The van der Waals surface area contributed by atoms with E-state index in [1.54, 1.807) is 6.20 Å². The predicted molar refractivity (Wildman–Crippen MR) is 35.6 cm³/mol. The van der Waals surface area contributed by atoms with Crippen LogP contribution in [0.1, 0.15) is 13.0 Å². The Morgan fingerprint density at radius 1 is 1.67 bits per heavy atom. The van der Waals surface area contributed by atoms with Crippen LogP contribution in [-0.4, -0.2) is 21.0 Å². The number of carbonyl (C=O) groups excluding carboxylic acids is 1. The molecular formula is C6H9N2NaO3. The molecule has 0 unspecified atom stereocenters. The predicted octanol–water partition coefficient (Wildman–Crippen LogP) is -4.63. The summed E-state index contributed by atoms with van der Waals surface area (Å²) in [5.74, 6) is -1.10. The van der Waals surface area contributed by atoms with Crippen molar-refractivity contribution in [1.82, 2.24) is 9.55 Å². The summed E-state index contributed by atoms with van der Waals surface area (Å²) in [6.45, 7) is 1.54. The molecule has 0 saturated heterocycles. The largest absolute Gasteiger partial charge is 1.00 e. The van der Waals surface area contributed by atoms with Crippen LogP contribution in [0.2, 0.25) is 0 Å². The van der Waals surface area contributed by atoms with Crippen molar-refractivity contribution < 1.29 is 44.9 Å². The molecule has 1 aromatic rings. The van der Waals surface area contributed by atoms with Gasteiger partial charge in [0.15, 0.2) is 0 Å². The van der Waals surface area contributed by atoms with Crippen molar-refractivity contribution in [1.29, 1.82) is 0 Å². The van der Waals surface area contributed by atoms with Gasteiger partial charge in [-0.2, -0.15) is 0 Å². The van der Waals surface area contributed by atoms with E-state index in [0.29, 0.717) is 0 Å². The van der Waals surface area contributed by atoms with Gasteiger partial charge in [0.25, 0.3) is 0 Å². The van der Waals surface area contributed by atoms with E-state index >= 15 is 0 Å². The van der Waals surface area contributed by atoms with Crippen molar-refractivity contribution in [3.05, 3.63) is 18.7 Å². The molecule has 0 aliphatic rings. The molecule has 0 radical (unpaired) electrons. The van der Waals surface area contributed by atoms with Gasteiger partial charge in [-0.3, -0.25) is 0 Å². The third-order valence-corrected chi connectivity index (χ3v) is 1.31. The van der Waals surface area contributed by atoms with E-state index < -0.39 is 12.0 Å². The third-order valence-electron chi connectivity index (χ3n) is 1.31. The van der Waals surface area contributed by atoms with Crippen LogP contribution < -0.4 is 34.7 Å². The number of carbonyl (C=O) groups is 1. The summed E-state index contributed by atoms with van der Waals surface area (Å²) in [5.41, 5.74) is 0. The number of rotatable bonds is 2. The monoisotopic (exact) mass is 180 g/mol. The number of carboxylic acid groups (broad SMARTS) is 1. The van der Waals surface area contributed by atoms with Gasteiger partial charge in [-0.25, -0.2) is 4.98 Å². The fourth-order valence-electron chi connectivity index (χ4n) is 0.620. The van der Waals surface area contributed by atoms with Gasteiger partial charge in [0.2, 0.25) is 0 Å². The van der Waals surface area contributed by atoms with E-state index in [0.717, 1.165) is 0 Å². The number of aromatic nitrogens is 2. The number of carboxylic acids is 1. The Hall–Kier alpha value is -0.360. The Labute approximate surface area is 92.0 Å². The normalized spacial score (nSPS) is 10.8. The molecule has 1 rings (SSSR count). The first-order valence-electron chi connectivity index (χ1n) is 2.90. The van der Waals surface area contributed by atoms with Crippen LogP contribution in [0, 0.1) is 0 Å². The first-order valence-corrected chi connectivity index (χ1v) is 2.90. The average Bonchev–Trinajstić information content (AvgIpc) is 2.36. The molecule has 1 aromatic heterocycles. The summed E-state index contributed by atoms with van der Waals surface area (Å²) in [6, 6.07) is -0.637. The second-order valence-electron chi connectivity index (χ2n) is 2.00. The number of nitrogens with zero attached hydrogens (tertiary/aromatic N) is 2. The molecule has 0 aromatic carbocycles. The van der Waals surface area contributed by atoms with Crippen LogP contribution >= 0.6 is 0 Å². The molecule has 2 N–H and O–H groups in total. The molecular weight excluding hydrogens is 171 g/mol. The van der Waals surface area contributed by atoms with Crippen molar-refractivity contribution >= 4 is 5.97 Å². The van der Waals surface area contributed by atoms with E-state index in [1.165, 1.54) is 24.0 Å². The minimum absolute atomic E-state index is 0. The van der Waals surface area contributed by atoms with Gasteiger partial charge in [-0.15, -0.1) is 0 Å². The maximum Gasteiger partial charge on any atom is 1.00 e. The Morgan fingerprint density at radius 3 is 2.58 bits per heavy atom. The van der Waals surface area contributed by atoms with Gasteiger partial charge in [0.05, 0.1) is 18.3 Å². The first kappa shape index (κ1) is 14.2. The van der Waals surface area contributed by atoms with Gasteiger partial charge >= 0.3 is 29.6 Å². The maximum absolute atomic E-state index is 10.2. The van der Waals surface area contributed by atoms with Gasteiger partial charge in [-0.1, -0.05) is 0 Å². The molecule has 0 bridgehead atoms. The summed E-state index contributed by atoms with van der Waals surface area (Å²) in [7, 11) is 0. The Kier molecular flexibility index (Phi) is 7.31. The molecule has 1 heterocycles. The molecule has 0 aliphatic heterocycles. The Morgan fingerprint density at radius 2 is 2.25 bits per heavy atom. The molecule has 62 valence electrons. The van der Waals surface area contributed by atoms with E-state index in [2.05, 4.69) is 4.98 Å². The van der Waals surface area contributed by atoms with Crippen LogP contribution in [0.15, 0.2) is 18.7 Å². The maximum atomic E-state index is 10.2. The second kappa shape index (κ2) is 6.19. The summed E-state index contributed by atoms with van der Waals surface area (Å²) < 4.78 is 1.47. The van der Waals surface area contributed by atoms with Gasteiger partial charge in [0.1, 0.15) is 0 Å². The summed E-state index contributed by atoms with van der Waals surface area (Å²) in [4.78, 5) is 13.9. The van der Waals surface area contributed by atoms with E-state index in [1.807, 2.05) is 0 Å². The van der Waals surface area contributed by atoms with E-state index in [-0.39, 0.29) is 35.0 Å². The summed E-state index contributed by atoms with van der Waals surface area (Å²) in [6.07, 6.45) is 4.56. The van der Waals surface area contributed by atoms with Gasteiger partial charge in [-0.05, 0) is 6.92 Å². The van der Waals surface area contributed by atoms with Crippen LogP contribution in [-0.2, 0) is 4.79 Å². The van der Waals surface area contributed by atoms with Crippen molar-refractivity contribution in [3.63, 3.8) is 0 Å². The van der Waals surface area contributed by atoms with Crippen molar-refractivity contribution in [2.24, 2.45) is 0 Å². The molecule has 0 aliphatic carbocycles. The Balaban J connectivity index is 0. The zero-order valence-corrected chi connectivity index (χ0v) is 9.02. The quantitative estimate of drug-likeness (QED) is 0.429. The van der Waals surface area contributed by atoms with E-state index in [4.69, 9.17) is 0 Å². The molecule has 6 heteroatoms. The first-order chi connectivity index (χ1) is 4.72. The average molecular weight is 180 g/mol. The van der Waals surface area contributed by atoms with Crippen molar-refractivity contribution in [3.8, 4) is 0 Å². The Bertz CT molecular complexity index is 225. The molecule has 0 spiro atoms. The summed E-state index contributed by atoms with van der Waals surface area (Å²) in [5, 5.41) is 10.2.